The maximum Gasteiger partial charge on any atom is 0.357 e. The number of nitrogens with zero attached hydrogens (tertiary/aromatic N) is 1. The number of carboxylic acid groups (broad SMARTS) is 1. The molecule has 0 aliphatic rings. The van der Waals surface area contributed by atoms with E-state index in [1.807, 2.05) is 66.7 Å². The first kappa shape index (κ1) is 17.6. The van der Waals surface area contributed by atoms with E-state index in [4.69, 9.17) is 4.74 Å². The number of fused-ring (bicyclic) bond motifs is 1. The summed E-state index contributed by atoms with van der Waals surface area (Å²) in [5.74, 6) is -0.238. The Balaban J connectivity index is 1.48. The summed E-state index contributed by atoms with van der Waals surface area (Å²) in [6.45, 7) is 1.05. The molecule has 0 radical (unpaired) electrons. The van der Waals surface area contributed by atoms with E-state index < -0.39 is 5.97 Å². The van der Waals surface area contributed by atoms with Crippen LogP contribution in [0.5, 0.6) is 5.75 Å². The standard InChI is InChI=1S/C22H19N3O3/c26-22(27)21-18-12-17(10-11-19(18)24-25-21)23-13-16-8-4-5-9-20(16)28-14-15-6-2-1-3-7-15/h1-12,23H,13-14H2,(H,24,25)(H,26,27). The Hall–Kier alpha value is -3.80. The molecule has 0 saturated carbocycles. The Bertz CT molecular complexity index is 1110. The van der Waals surface area contributed by atoms with Gasteiger partial charge in [-0.25, -0.2) is 4.79 Å². The number of hydrogen-bond acceptors (Lipinski definition) is 4. The zero-order valence-electron chi connectivity index (χ0n) is 15.1. The number of H-pyrrole nitrogens is 1. The fraction of sp³-hybridized carbons (Fsp3) is 0.0909. The predicted molar refractivity (Wildman–Crippen MR) is 108 cm³/mol. The van der Waals surface area contributed by atoms with Gasteiger partial charge in [0.2, 0.25) is 0 Å². The molecule has 4 rings (SSSR count). The highest BCUT2D eigenvalue weighted by molar-refractivity contribution is 6.01. The topological polar surface area (TPSA) is 87.2 Å². The lowest BCUT2D eigenvalue weighted by atomic mass is 10.1. The van der Waals surface area contributed by atoms with E-state index in [0.717, 1.165) is 22.6 Å². The molecule has 0 fully saturated rings. The molecule has 28 heavy (non-hydrogen) atoms. The molecule has 6 heteroatoms. The molecule has 3 aromatic carbocycles. The van der Waals surface area contributed by atoms with E-state index in [1.54, 1.807) is 6.07 Å². The minimum absolute atomic E-state index is 0.0187. The molecular weight excluding hydrogens is 354 g/mol. The lowest BCUT2D eigenvalue weighted by Crippen LogP contribution is -2.04. The fourth-order valence-electron chi connectivity index (χ4n) is 3.01. The third kappa shape index (κ3) is 3.81. The third-order valence-electron chi connectivity index (χ3n) is 4.46. The molecule has 0 saturated heterocycles. The van der Waals surface area contributed by atoms with Gasteiger partial charge in [0, 0.05) is 23.2 Å². The molecule has 0 amide bonds. The molecule has 4 aromatic rings. The number of aromatic amines is 1. The molecule has 1 heterocycles. The number of ether oxygens (including phenoxy) is 1. The van der Waals surface area contributed by atoms with Crippen LogP contribution in [0.1, 0.15) is 21.6 Å². The van der Waals surface area contributed by atoms with Gasteiger partial charge in [0.1, 0.15) is 12.4 Å². The van der Waals surface area contributed by atoms with Crippen molar-refractivity contribution in [2.45, 2.75) is 13.2 Å². The van der Waals surface area contributed by atoms with Gasteiger partial charge < -0.3 is 15.2 Å². The van der Waals surface area contributed by atoms with Crippen molar-refractivity contribution < 1.29 is 14.6 Å². The summed E-state index contributed by atoms with van der Waals surface area (Å²) in [4.78, 5) is 11.3. The SMILES string of the molecule is O=C(O)c1n[nH]c2ccc(NCc3ccccc3OCc3ccccc3)cc12. The van der Waals surface area contributed by atoms with Gasteiger partial charge in [-0.1, -0.05) is 48.5 Å². The minimum Gasteiger partial charge on any atom is -0.489 e. The van der Waals surface area contributed by atoms with E-state index >= 15 is 0 Å². The number of aromatic nitrogens is 2. The summed E-state index contributed by atoms with van der Waals surface area (Å²) in [6.07, 6.45) is 0. The molecule has 0 atom stereocenters. The minimum atomic E-state index is -1.05. The van der Waals surface area contributed by atoms with Gasteiger partial charge in [0.15, 0.2) is 5.69 Å². The van der Waals surface area contributed by atoms with Crippen molar-refractivity contribution in [1.29, 1.82) is 0 Å². The van der Waals surface area contributed by atoms with Crippen molar-refractivity contribution in [3.8, 4) is 5.75 Å². The van der Waals surface area contributed by atoms with Crippen LogP contribution in [-0.2, 0) is 13.2 Å². The van der Waals surface area contributed by atoms with Gasteiger partial charge >= 0.3 is 5.97 Å². The second-order valence-corrected chi connectivity index (χ2v) is 6.37. The molecule has 0 bridgehead atoms. The largest absolute Gasteiger partial charge is 0.489 e. The van der Waals surface area contributed by atoms with E-state index in [-0.39, 0.29) is 5.69 Å². The Morgan fingerprint density at radius 1 is 1.04 bits per heavy atom. The van der Waals surface area contributed by atoms with Crippen LogP contribution in [0, 0.1) is 0 Å². The Morgan fingerprint density at radius 3 is 2.64 bits per heavy atom. The summed E-state index contributed by atoms with van der Waals surface area (Å²) < 4.78 is 5.99. The normalized spacial score (nSPS) is 10.7. The smallest absolute Gasteiger partial charge is 0.357 e. The second-order valence-electron chi connectivity index (χ2n) is 6.37. The van der Waals surface area contributed by atoms with Crippen LogP contribution >= 0.6 is 0 Å². The highest BCUT2D eigenvalue weighted by atomic mass is 16.5. The van der Waals surface area contributed by atoms with Crippen molar-refractivity contribution >= 4 is 22.6 Å². The summed E-state index contributed by atoms with van der Waals surface area (Å²) >= 11 is 0. The number of anilines is 1. The first-order valence-corrected chi connectivity index (χ1v) is 8.90. The Labute approximate surface area is 161 Å². The number of rotatable bonds is 7. The zero-order chi connectivity index (χ0) is 19.3. The van der Waals surface area contributed by atoms with Crippen LogP contribution in [0.25, 0.3) is 10.9 Å². The van der Waals surface area contributed by atoms with Gasteiger partial charge in [-0.3, -0.25) is 5.10 Å². The quantitative estimate of drug-likeness (QED) is 0.445. The number of carboxylic acids is 1. The lowest BCUT2D eigenvalue weighted by molar-refractivity contribution is 0.0692. The summed E-state index contributed by atoms with van der Waals surface area (Å²) in [5, 5.41) is 19.7. The maximum atomic E-state index is 11.3. The van der Waals surface area contributed by atoms with Crippen molar-refractivity contribution in [2.24, 2.45) is 0 Å². The van der Waals surface area contributed by atoms with Crippen LogP contribution in [-0.4, -0.2) is 21.3 Å². The van der Waals surface area contributed by atoms with Crippen LogP contribution < -0.4 is 10.1 Å². The fourth-order valence-corrected chi connectivity index (χ4v) is 3.01. The third-order valence-corrected chi connectivity index (χ3v) is 4.46. The number of para-hydroxylation sites is 1. The van der Waals surface area contributed by atoms with E-state index in [2.05, 4.69) is 15.5 Å². The predicted octanol–water partition coefficient (Wildman–Crippen LogP) is 4.45. The summed E-state index contributed by atoms with van der Waals surface area (Å²) in [6, 6.07) is 23.4. The maximum absolute atomic E-state index is 11.3. The van der Waals surface area contributed by atoms with Crippen molar-refractivity contribution in [3.05, 3.63) is 89.6 Å². The first-order chi connectivity index (χ1) is 13.7. The van der Waals surface area contributed by atoms with Gasteiger partial charge in [-0.2, -0.15) is 5.10 Å². The Kier molecular flexibility index (Phi) is 4.93. The van der Waals surface area contributed by atoms with Crippen LogP contribution in [0.3, 0.4) is 0 Å². The summed E-state index contributed by atoms with van der Waals surface area (Å²) in [5.41, 5.74) is 3.65. The number of nitrogens with one attached hydrogen (secondary N) is 2. The monoisotopic (exact) mass is 373 g/mol. The molecule has 6 nitrogen and oxygen atoms in total. The molecule has 3 N–H and O–H groups in total. The summed E-state index contributed by atoms with van der Waals surface area (Å²) in [7, 11) is 0. The number of benzene rings is 3. The van der Waals surface area contributed by atoms with Crippen molar-refractivity contribution in [3.63, 3.8) is 0 Å². The molecule has 0 aliphatic carbocycles. The lowest BCUT2D eigenvalue weighted by Gasteiger charge is -2.13. The van der Waals surface area contributed by atoms with Gasteiger partial charge in [0.25, 0.3) is 0 Å². The molecular formula is C22H19N3O3. The highest BCUT2D eigenvalue weighted by Gasteiger charge is 2.13. The van der Waals surface area contributed by atoms with Crippen LogP contribution in [0.4, 0.5) is 5.69 Å². The van der Waals surface area contributed by atoms with E-state index in [0.29, 0.717) is 24.1 Å². The van der Waals surface area contributed by atoms with Gasteiger partial charge in [-0.15, -0.1) is 0 Å². The van der Waals surface area contributed by atoms with Gasteiger partial charge in [0.05, 0.1) is 5.52 Å². The Morgan fingerprint density at radius 2 is 1.82 bits per heavy atom. The van der Waals surface area contributed by atoms with Crippen molar-refractivity contribution in [1.82, 2.24) is 10.2 Å². The molecule has 0 spiro atoms. The van der Waals surface area contributed by atoms with Gasteiger partial charge in [-0.05, 0) is 29.8 Å². The first-order valence-electron chi connectivity index (χ1n) is 8.90. The highest BCUT2D eigenvalue weighted by Crippen LogP contribution is 2.24. The molecule has 140 valence electrons. The van der Waals surface area contributed by atoms with Crippen molar-refractivity contribution in [2.75, 3.05) is 5.32 Å². The number of aromatic carboxylic acids is 1. The van der Waals surface area contributed by atoms with Crippen LogP contribution in [0.15, 0.2) is 72.8 Å². The second kappa shape index (κ2) is 7.84. The molecule has 1 aromatic heterocycles. The zero-order valence-corrected chi connectivity index (χ0v) is 15.1. The molecule has 0 aliphatic heterocycles. The number of hydrogen-bond donors (Lipinski definition) is 3. The van der Waals surface area contributed by atoms with E-state index in [1.165, 1.54) is 0 Å². The molecule has 0 unspecified atom stereocenters. The average molecular weight is 373 g/mol. The van der Waals surface area contributed by atoms with E-state index in [9.17, 15) is 9.90 Å². The average Bonchev–Trinajstić information content (AvgIpc) is 3.15. The van der Waals surface area contributed by atoms with Crippen LogP contribution in [0.2, 0.25) is 0 Å². The number of carbonyl (C=O) groups is 1.